The van der Waals surface area contributed by atoms with Gasteiger partial charge in [0, 0.05) is 19.2 Å². The van der Waals surface area contributed by atoms with Crippen molar-refractivity contribution in [2.45, 2.75) is 33.4 Å². The van der Waals surface area contributed by atoms with E-state index >= 15 is 0 Å². The van der Waals surface area contributed by atoms with Gasteiger partial charge < -0.3 is 15.0 Å². The predicted molar refractivity (Wildman–Crippen MR) is 107 cm³/mol. The highest BCUT2D eigenvalue weighted by atomic mass is 19.1. The topological polar surface area (TPSA) is 75.7 Å². The van der Waals surface area contributed by atoms with Gasteiger partial charge in [-0.1, -0.05) is 18.2 Å². The number of hydrogen-bond donors (Lipinski definition) is 1. The molecular weight excluding hydrogens is 375 g/mol. The van der Waals surface area contributed by atoms with Crippen LogP contribution < -0.4 is 5.32 Å². The lowest BCUT2D eigenvalue weighted by Crippen LogP contribution is -2.39. The minimum absolute atomic E-state index is 0.183. The number of carbonyl (C=O) groups is 3. The van der Waals surface area contributed by atoms with Crippen molar-refractivity contribution < 1.29 is 23.5 Å². The number of esters is 1. The Bertz CT molecular complexity index is 913. The summed E-state index contributed by atoms with van der Waals surface area (Å²) in [6.07, 6.45) is -1.03. The summed E-state index contributed by atoms with van der Waals surface area (Å²) >= 11 is 0. The van der Waals surface area contributed by atoms with Crippen LogP contribution in [0.3, 0.4) is 0 Å². The third-order valence-corrected chi connectivity index (χ3v) is 4.50. The highest BCUT2D eigenvalue weighted by Gasteiger charge is 2.22. The number of halogens is 1. The number of carbonyl (C=O) groups excluding carboxylic acids is 3. The number of likely N-dealkylation sites (N-methyl/N-ethyl adjacent to an activating group) is 1. The molecule has 2 rings (SSSR count). The molecule has 2 aromatic carbocycles. The molecule has 6 nitrogen and oxygen atoms in total. The van der Waals surface area contributed by atoms with Crippen molar-refractivity contribution in [2.24, 2.45) is 0 Å². The van der Waals surface area contributed by atoms with Crippen molar-refractivity contribution in [3.63, 3.8) is 0 Å². The highest BCUT2D eigenvalue weighted by Crippen LogP contribution is 2.10. The number of benzene rings is 2. The quantitative estimate of drug-likeness (QED) is 0.725. The molecule has 0 saturated carbocycles. The molecule has 0 saturated heterocycles. The minimum atomic E-state index is -1.03. The van der Waals surface area contributed by atoms with Gasteiger partial charge in [-0.3, -0.25) is 14.4 Å². The molecular formula is C22H25FN2O4. The van der Waals surface area contributed by atoms with Gasteiger partial charge in [-0.2, -0.15) is 0 Å². The molecule has 0 fully saturated rings. The first-order valence-electron chi connectivity index (χ1n) is 9.21. The van der Waals surface area contributed by atoms with E-state index in [0.717, 1.165) is 11.1 Å². The molecule has 0 aliphatic heterocycles. The fourth-order valence-electron chi connectivity index (χ4n) is 2.72. The van der Waals surface area contributed by atoms with Gasteiger partial charge in [-0.15, -0.1) is 0 Å². The molecule has 29 heavy (non-hydrogen) atoms. The number of rotatable bonds is 7. The SMILES string of the molecule is Cc1ccc(C(=O)NCC(=O)O[C@@H](C)C(=O)N(C)Cc2cccc(F)c2)cc1C. The van der Waals surface area contributed by atoms with Crippen molar-refractivity contribution in [1.29, 1.82) is 0 Å². The highest BCUT2D eigenvalue weighted by molar-refractivity contribution is 5.96. The van der Waals surface area contributed by atoms with Crippen LogP contribution in [0.1, 0.15) is 34.0 Å². The van der Waals surface area contributed by atoms with Crippen molar-refractivity contribution in [1.82, 2.24) is 10.2 Å². The van der Waals surface area contributed by atoms with Gasteiger partial charge in [0.1, 0.15) is 12.4 Å². The van der Waals surface area contributed by atoms with Crippen molar-refractivity contribution in [2.75, 3.05) is 13.6 Å². The van der Waals surface area contributed by atoms with Crippen LogP contribution in [0.4, 0.5) is 4.39 Å². The van der Waals surface area contributed by atoms with Crippen LogP contribution in [-0.2, 0) is 20.9 Å². The molecule has 2 amide bonds. The molecule has 0 aliphatic rings. The standard InChI is InChI=1S/C22H25FN2O4/c1-14-8-9-18(10-15(14)2)21(27)24-12-20(26)29-16(3)22(28)25(4)13-17-6-5-7-19(23)11-17/h5-11,16H,12-13H2,1-4H3,(H,24,27)/t16-/m0/s1. The predicted octanol–water partition coefficient (Wildman–Crippen LogP) is 2.76. The van der Waals surface area contributed by atoms with Gasteiger partial charge in [-0.05, 0) is 61.7 Å². The summed E-state index contributed by atoms with van der Waals surface area (Å²) in [6.45, 7) is 5.12. The first kappa shape index (κ1) is 22.1. The van der Waals surface area contributed by atoms with Crippen LogP contribution in [0.2, 0.25) is 0 Å². The molecule has 0 bridgehead atoms. The Morgan fingerprint density at radius 3 is 2.48 bits per heavy atom. The van der Waals surface area contributed by atoms with Crippen molar-refractivity contribution in [3.05, 3.63) is 70.5 Å². The van der Waals surface area contributed by atoms with Gasteiger partial charge in [-0.25, -0.2) is 4.39 Å². The van der Waals surface area contributed by atoms with Gasteiger partial charge in [0.25, 0.3) is 11.8 Å². The molecule has 0 aromatic heterocycles. The van der Waals surface area contributed by atoms with E-state index < -0.39 is 23.9 Å². The van der Waals surface area contributed by atoms with Crippen LogP contribution in [0.15, 0.2) is 42.5 Å². The van der Waals surface area contributed by atoms with Crippen molar-refractivity contribution >= 4 is 17.8 Å². The van der Waals surface area contributed by atoms with Crippen LogP contribution in [0.25, 0.3) is 0 Å². The van der Waals surface area contributed by atoms with E-state index in [1.54, 1.807) is 31.3 Å². The number of ether oxygens (including phenoxy) is 1. The molecule has 1 atom stereocenters. The summed E-state index contributed by atoms with van der Waals surface area (Å²) in [5.41, 5.74) is 3.11. The number of hydrogen-bond acceptors (Lipinski definition) is 4. The lowest BCUT2D eigenvalue weighted by molar-refractivity contribution is -0.157. The number of amides is 2. The summed E-state index contributed by atoms with van der Waals surface area (Å²) in [6, 6.07) is 11.2. The molecule has 0 spiro atoms. The van der Waals surface area contributed by atoms with E-state index in [2.05, 4.69) is 5.32 Å². The normalized spacial score (nSPS) is 11.5. The summed E-state index contributed by atoms with van der Waals surface area (Å²) < 4.78 is 18.4. The van der Waals surface area contributed by atoms with E-state index in [-0.39, 0.29) is 18.9 Å². The molecule has 7 heteroatoms. The third-order valence-electron chi connectivity index (χ3n) is 4.50. The van der Waals surface area contributed by atoms with E-state index in [9.17, 15) is 18.8 Å². The second kappa shape index (κ2) is 9.82. The maximum Gasteiger partial charge on any atom is 0.326 e. The van der Waals surface area contributed by atoms with E-state index in [1.165, 1.54) is 24.0 Å². The first-order chi connectivity index (χ1) is 13.7. The second-order valence-electron chi connectivity index (χ2n) is 6.94. The Kier molecular flexibility index (Phi) is 7.47. The zero-order valence-electron chi connectivity index (χ0n) is 17.0. The first-order valence-corrected chi connectivity index (χ1v) is 9.21. The lowest BCUT2D eigenvalue weighted by atomic mass is 10.1. The van der Waals surface area contributed by atoms with Crippen LogP contribution in [0.5, 0.6) is 0 Å². The molecule has 1 N–H and O–H groups in total. The summed E-state index contributed by atoms with van der Waals surface area (Å²) in [5, 5.41) is 2.48. The van der Waals surface area contributed by atoms with Crippen molar-refractivity contribution in [3.8, 4) is 0 Å². The third kappa shape index (κ3) is 6.41. The average molecular weight is 400 g/mol. The molecule has 0 aliphatic carbocycles. The maximum absolute atomic E-state index is 13.3. The largest absolute Gasteiger partial charge is 0.451 e. The van der Waals surface area contributed by atoms with Crippen LogP contribution in [0, 0.1) is 19.7 Å². The summed E-state index contributed by atoms with van der Waals surface area (Å²) in [4.78, 5) is 37.8. The lowest BCUT2D eigenvalue weighted by Gasteiger charge is -2.21. The Morgan fingerprint density at radius 2 is 1.83 bits per heavy atom. The Hall–Kier alpha value is -3.22. The zero-order chi connectivity index (χ0) is 21.6. The summed E-state index contributed by atoms with van der Waals surface area (Å²) in [7, 11) is 1.54. The molecule has 0 unspecified atom stereocenters. The fourth-order valence-corrected chi connectivity index (χ4v) is 2.72. The van der Waals surface area contributed by atoms with Crippen LogP contribution >= 0.6 is 0 Å². The van der Waals surface area contributed by atoms with Gasteiger partial charge in [0.2, 0.25) is 0 Å². The van der Waals surface area contributed by atoms with E-state index in [0.29, 0.717) is 11.1 Å². The number of nitrogens with one attached hydrogen (secondary N) is 1. The van der Waals surface area contributed by atoms with Gasteiger partial charge in [0.15, 0.2) is 6.10 Å². The van der Waals surface area contributed by atoms with E-state index in [4.69, 9.17) is 4.74 Å². The summed E-state index contributed by atoms with van der Waals surface area (Å²) in [5.74, 6) is -1.93. The van der Waals surface area contributed by atoms with E-state index in [1.807, 2.05) is 19.9 Å². The molecule has 0 radical (unpaired) electrons. The van der Waals surface area contributed by atoms with Gasteiger partial charge >= 0.3 is 5.97 Å². The minimum Gasteiger partial charge on any atom is -0.451 e. The zero-order valence-corrected chi connectivity index (χ0v) is 17.0. The Labute approximate surface area is 169 Å². The second-order valence-corrected chi connectivity index (χ2v) is 6.94. The monoisotopic (exact) mass is 400 g/mol. The fraction of sp³-hybridized carbons (Fsp3) is 0.318. The average Bonchev–Trinajstić information content (AvgIpc) is 2.67. The molecule has 154 valence electrons. The number of nitrogens with zero attached hydrogens (tertiary/aromatic N) is 1. The Balaban J connectivity index is 1.83. The number of aryl methyl sites for hydroxylation is 2. The molecule has 2 aromatic rings. The van der Waals surface area contributed by atoms with Gasteiger partial charge in [0.05, 0.1) is 0 Å². The maximum atomic E-state index is 13.3. The van der Waals surface area contributed by atoms with Crippen LogP contribution in [-0.4, -0.2) is 42.4 Å². The Morgan fingerprint density at radius 1 is 1.10 bits per heavy atom. The smallest absolute Gasteiger partial charge is 0.326 e. The molecule has 0 heterocycles.